The summed E-state index contributed by atoms with van der Waals surface area (Å²) in [6.45, 7) is 2.57. The molecular formula is C12H16O4. The van der Waals surface area contributed by atoms with Crippen LogP contribution in [0.1, 0.15) is 30.1 Å². The van der Waals surface area contributed by atoms with Crippen LogP contribution in [0.25, 0.3) is 0 Å². The molecule has 0 saturated heterocycles. The van der Waals surface area contributed by atoms with Crippen molar-refractivity contribution in [2.45, 2.75) is 19.8 Å². The minimum atomic E-state index is -0.992. The Morgan fingerprint density at radius 3 is 2.75 bits per heavy atom. The summed E-state index contributed by atoms with van der Waals surface area (Å²) in [5, 5.41) is 8.96. The Kier molecular flexibility index (Phi) is 4.64. The number of carbonyl (C=O) groups is 1. The molecule has 1 aromatic rings. The van der Waals surface area contributed by atoms with Gasteiger partial charge < -0.3 is 14.6 Å². The largest absolute Gasteiger partial charge is 0.497 e. The SMILES string of the molecule is CCCCOc1cc(OC)ccc1C(=O)O. The van der Waals surface area contributed by atoms with Crippen molar-refractivity contribution in [3.8, 4) is 11.5 Å². The number of carboxylic acid groups (broad SMARTS) is 1. The predicted molar refractivity (Wildman–Crippen MR) is 60.4 cm³/mol. The number of unbranched alkanes of at least 4 members (excludes halogenated alkanes) is 1. The molecule has 0 aliphatic heterocycles. The van der Waals surface area contributed by atoms with Crippen molar-refractivity contribution in [2.24, 2.45) is 0 Å². The summed E-state index contributed by atoms with van der Waals surface area (Å²) in [5.41, 5.74) is 0.164. The van der Waals surface area contributed by atoms with Gasteiger partial charge in [-0.15, -0.1) is 0 Å². The van der Waals surface area contributed by atoms with Crippen LogP contribution in [0.3, 0.4) is 0 Å². The first-order valence-electron chi connectivity index (χ1n) is 5.23. The van der Waals surface area contributed by atoms with Gasteiger partial charge in [0.2, 0.25) is 0 Å². The second kappa shape index (κ2) is 6.00. The van der Waals surface area contributed by atoms with Gasteiger partial charge in [-0.25, -0.2) is 4.79 Å². The number of methoxy groups -OCH3 is 1. The first-order chi connectivity index (χ1) is 7.69. The van der Waals surface area contributed by atoms with E-state index in [1.165, 1.54) is 13.2 Å². The Morgan fingerprint density at radius 2 is 2.19 bits per heavy atom. The molecule has 1 aromatic carbocycles. The van der Waals surface area contributed by atoms with Gasteiger partial charge in [-0.3, -0.25) is 0 Å². The highest BCUT2D eigenvalue weighted by atomic mass is 16.5. The van der Waals surface area contributed by atoms with Gasteiger partial charge in [0.05, 0.1) is 13.7 Å². The van der Waals surface area contributed by atoms with E-state index in [1.807, 2.05) is 6.92 Å². The van der Waals surface area contributed by atoms with Crippen LogP contribution < -0.4 is 9.47 Å². The number of carboxylic acids is 1. The topological polar surface area (TPSA) is 55.8 Å². The highest BCUT2D eigenvalue weighted by molar-refractivity contribution is 5.91. The highest BCUT2D eigenvalue weighted by Crippen LogP contribution is 2.25. The lowest BCUT2D eigenvalue weighted by Crippen LogP contribution is -2.04. The Bertz CT molecular complexity index is 360. The van der Waals surface area contributed by atoms with E-state index in [0.717, 1.165) is 12.8 Å². The van der Waals surface area contributed by atoms with E-state index in [-0.39, 0.29) is 5.56 Å². The average Bonchev–Trinajstić information content (AvgIpc) is 2.29. The second-order valence-electron chi connectivity index (χ2n) is 3.37. The zero-order chi connectivity index (χ0) is 12.0. The molecule has 0 fully saturated rings. The molecule has 0 saturated carbocycles. The lowest BCUT2D eigenvalue weighted by atomic mass is 10.2. The average molecular weight is 224 g/mol. The summed E-state index contributed by atoms with van der Waals surface area (Å²) in [5.74, 6) is -0.0362. The van der Waals surface area contributed by atoms with Gasteiger partial charge in [-0.2, -0.15) is 0 Å². The smallest absolute Gasteiger partial charge is 0.339 e. The molecule has 88 valence electrons. The van der Waals surface area contributed by atoms with E-state index in [4.69, 9.17) is 14.6 Å². The van der Waals surface area contributed by atoms with Crippen molar-refractivity contribution >= 4 is 5.97 Å². The minimum Gasteiger partial charge on any atom is -0.497 e. The van der Waals surface area contributed by atoms with Crippen LogP contribution in [0.2, 0.25) is 0 Å². The van der Waals surface area contributed by atoms with Gasteiger partial charge >= 0.3 is 5.97 Å². The van der Waals surface area contributed by atoms with E-state index < -0.39 is 5.97 Å². The molecule has 0 aliphatic rings. The predicted octanol–water partition coefficient (Wildman–Crippen LogP) is 2.57. The third-order valence-corrected chi connectivity index (χ3v) is 2.17. The van der Waals surface area contributed by atoms with Gasteiger partial charge in [-0.05, 0) is 18.6 Å². The summed E-state index contributed by atoms with van der Waals surface area (Å²) < 4.78 is 10.4. The first kappa shape index (κ1) is 12.4. The molecule has 0 unspecified atom stereocenters. The molecule has 0 atom stereocenters. The van der Waals surface area contributed by atoms with Crippen LogP contribution in [-0.4, -0.2) is 24.8 Å². The van der Waals surface area contributed by atoms with Crippen LogP contribution in [0, 0.1) is 0 Å². The van der Waals surface area contributed by atoms with Gasteiger partial charge in [0.25, 0.3) is 0 Å². The van der Waals surface area contributed by atoms with E-state index in [2.05, 4.69) is 0 Å². The number of rotatable bonds is 6. The van der Waals surface area contributed by atoms with Crippen molar-refractivity contribution in [1.29, 1.82) is 0 Å². The van der Waals surface area contributed by atoms with E-state index in [1.54, 1.807) is 12.1 Å². The van der Waals surface area contributed by atoms with Crippen LogP contribution >= 0.6 is 0 Å². The normalized spacial score (nSPS) is 9.88. The fourth-order valence-electron chi connectivity index (χ4n) is 1.25. The number of benzene rings is 1. The third kappa shape index (κ3) is 3.15. The summed E-state index contributed by atoms with van der Waals surface area (Å²) in [4.78, 5) is 10.9. The van der Waals surface area contributed by atoms with E-state index in [0.29, 0.717) is 18.1 Å². The molecule has 0 amide bonds. The summed E-state index contributed by atoms with van der Waals surface area (Å²) in [7, 11) is 1.53. The molecular weight excluding hydrogens is 208 g/mol. The van der Waals surface area contributed by atoms with Crippen LogP contribution in [0.5, 0.6) is 11.5 Å². The van der Waals surface area contributed by atoms with Crippen LogP contribution in [0.15, 0.2) is 18.2 Å². The van der Waals surface area contributed by atoms with Crippen molar-refractivity contribution in [2.75, 3.05) is 13.7 Å². The van der Waals surface area contributed by atoms with E-state index >= 15 is 0 Å². The first-order valence-corrected chi connectivity index (χ1v) is 5.23. The molecule has 4 nitrogen and oxygen atoms in total. The Hall–Kier alpha value is -1.71. The second-order valence-corrected chi connectivity index (χ2v) is 3.37. The van der Waals surface area contributed by atoms with Crippen LogP contribution in [-0.2, 0) is 0 Å². The van der Waals surface area contributed by atoms with Crippen molar-refractivity contribution < 1.29 is 19.4 Å². The van der Waals surface area contributed by atoms with Crippen molar-refractivity contribution in [3.05, 3.63) is 23.8 Å². The van der Waals surface area contributed by atoms with Crippen molar-refractivity contribution in [3.63, 3.8) is 0 Å². The molecule has 0 aromatic heterocycles. The zero-order valence-electron chi connectivity index (χ0n) is 9.53. The fourth-order valence-corrected chi connectivity index (χ4v) is 1.25. The molecule has 16 heavy (non-hydrogen) atoms. The zero-order valence-corrected chi connectivity index (χ0v) is 9.53. The Balaban J connectivity index is 2.87. The molecule has 0 bridgehead atoms. The summed E-state index contributed by atoms with van der Waals surface area (Å²) in [6, 6.07) is 4.69. The summed E-state index contributed by atoms with van der Waals surface area (Å²) in [6.07, 6.45) is 1.91. The molecule has 1 N–H and O–H groups in total. The maximum atomic E-state index is 10.9. The van der Waals surface area contributed by atoms with Crippen molar-refractivity contribution in [1.82, 2.24) is 0 Å². The third-order valence-electron chi connectivity index (χ3n) is 2.17. The maximum Gasteiger partial charge on any atom is 0.339 e. The number of aromatic carboxylic acids is 1. The van der Waals surface area contributed by atoms with Gasteiger partial charge in [-0.1, -0.05) is 13.3 Å². The molecule has 0 aliphatic carbocycles. The number of ether oxygens (including phenoxy) is 2. The minimum absolute atomic E-state index is 0.164. The molecule has 0 radical (unpaired) electrons. The Morgan fingerprint density at radius 1 is 1.44 bits per heavy atom. The lowest BCUT2D eigenvalue weighted by molar-refractivity contribution is 0.0692. The van der Waals surface area contributed by atoms with E-state index in [9.17, 15) is 4.79 Å². The van der Waals surface area contributed by atoms with Crippen LogP contribution in [0.4, 0.5) is 0 Å². The fraction of sp³-hybridized carbons (Fsp3) is 0.417. The van der Waals surface area contributed by atoms with Gasteiger partial charge in [0.1, 0.15) is 17.1 Å². The Labute approximate surface area is 94.8 Å². The number of hydrogen-bond donors (Lipinski definition) is 1. The lowest BCUT2D eigenvalue weighted by Gasteiger charge is -2.10. The molecule has 1 rings (SSSR count). The highest BCUT2D eigenvalue weighted by Gasteiger charge is 2.12. The summed E-state index contributed by atoms with van der Waals surface area (Å²) >= 11 is 0. The molecule has 0 heterocycles. The number of hydrogen-bond acceptors (Lipinski definition) is 3. The quantitative estimate of drug-likeness (QED) is 0.754. The monoisotopic (exact) mass is 224 g/mol. The molecule has 0 spiro atoms. The standard InChI is InChI=1S/C12H16O4/c1-3-4-7-16-11-8-9(15-2)5-6-10(11)12(13)14/h5-6,8H,3-4,7H2,1-2H3,(H,13,14). The molecule has 4 heteroatoms. The van der Waals surface area contributed by atoms with Gasteiger partial charge in [0, 0.05) is 6.07 Å². The van der Waals surface area contributed by atoms with Gasteiger partial charge in [0.15, 0.2) is 0 Å². The maximum absolute atomic E-state index is 10.9.